The molecule has 0 spiro atoms. The van der Waals surface area contributed by atoms with Crippen molar-refractivity contribution in [1.29, 1.82) is 0 Å². The molecule has 0 amide bonds. The van der Waals surface area contributed by atoms with Gasteiger partial charge in [0, 0.05) is 0 Å². The van der Waals surface area contributed by atoms with Crippen LogP contribution in [0.2, 0.25) is 0 Å². The number of aliphatic hydroxyl groups is 1. The third-order valence-corrected chi connectivity index (χ3v) is 0.256. The molecule has 16 heavy (non-hydrogen) atoms. The molecule has 1 nitrogen and oxygen atoms in total. The van der Waals surface area contributed by atoms with Gasteiger partial charge in [0.1, 0.15) is 6.61 Å². The molecule has 0 aromatic rings. The van der Waals surface area contributed by atoms with Gasteiger partial charge in [-0.25, -0.2) is 0 Å². The van der Waals surface area contributed by atoms with E-state index in [1.165, 1.54) is 0 Å². The van der Waals surface area contributed by atoms with Gasteiger partial charge in [-0.15, -0.1) is 5.92 Å². The zero-order chi connectivity index (χ0) is 13.7. The van der Waals surface area contributed by atoms with Crippen LogP contribution in [0.1, 0.15) is 42.0 Å². The van der Waals surface area contributed by atoms with Crippen LogP contribution in [0, 0.1) is 11.8 Å². The van der Waals surface area contributed by atoms with Crippen LogP contribution in [0.15, 0.2) is 0 Å². The predicted molar refractivity (Wildman–Crippen MR) is 112 cm³/mol. The third-order valence-electron chi connectivity index (χ3n) is 0.256. The van der Waals surface area contributed by atoms with Gasteiger partial charge >= 0.3 is 64.9 Å². The Hall–Kier alpha value is 3.02. The summed E-state index contributed by atoms with van der Waals surface area (Å²) < 4.78 is 0. The molecule has 104 valence electrons. The van der Waals surface area contributed by atoms with Crippen LogP contribution < -0.4 is 0 Å². The summed E-state index contributed by atoms with van der Waals surface area (Å²) in [6.45, 7) is 9.67. The van der Waals surface area contributed by atoms with Crippen molar-refractivity contribution < 1.29 is 10.0 Å². The maximum absolute atomic E-state index is 7.89. The molecule has 0 aliphatic heterocycles. The molecule has 0 aliphatic rings. The summed E-state index contributed by atoms with van der Waals surface area (Å²) in [7, 11) is 0. The Bertz CT molecular complexity index is 100.0. The van der Waals surface area contributed by atoms with Gasteiger partial charge in [0.15, 0.2) is 0 Å². The van der Waals surface area contributed by atoms with Gasteiger partial charge in [-0.3, -0.25) is 0 Å². The van der Waals surface area contributed by atoms with Crippen molar-refractivity contribution in [3.8, 4) is 11.8 Å². The Morgan fingerprint density at radius 3 is 1.19 bits per heavy atom. The summed E-state index contributed by atoms with van der Waals surface area (Å²) in [4.78, 5) is 1.69. The fraction of sp³-hybridized carbons (Fsp3) is 0.800. The Kier molecular flexibility index (Phi) is 146. The zero-order valence-corrected chi connectivity index (χ0v) is 20.1. The summed E-state index contributed by atoms with van der Waals surface area (Å²) >= 11 is 9.54. The van der Waals surface area contributed by atoms with Crippen molar-refractivity contribution in [3.05, 3.63) is 0 Å². The summed E-state index contributed by atoms with van der Waals surface area (Å²) in [6.07, 6.45) is 0. The number of aliphatic hydroxyl groups excluding tert-OH is 1. The molecule has 0 rings (SSSR count). The maximum atomic E-state index is 7.89. The summed E-state index contributed by atoms with van der Waals surface area (Å²) in [5.41, 5.74) is 0. The number of hydrogen-bond donors (Lipinski definition) is 1. The minimum atomic E-state index is -0.278. The molecule has 0 heterocycles. The van der Waals surface area contributed by atoms with Crippen LogP contribution in [-0.2, 0) is 4.92 Å². The van der Waals surface area contributed by atoms with Crippen LogP contribution in [0.25, 0.3) is 0 Å². The van der Waals surface area contributed by atoms with Gasteiger partial charge < -0.3 is 5.11 Å². The molecule has 0 saturated heterocycles. The van der Waals surface area contributed by atoms with E-state index in [9.17, 15) is 0 Å². The average Bonchev–Trinajstić information content (AvgIpc) is 2.27. The SMILES string of the molecule is C.CC.CC.CC#CCO.CI.[I][V]([I])[I]. The zero-order valence-electron chi connectivity index (χ0n) is 10.1. The van der Waals surface area contributed by atoms with Gasteiger partial charge in [-0.2, -0.15) is 0 Å². The molecule has 0 fully saturated rings. The molecule has 0 saturated carbocycles. The Morgan fingerprint density at radius 1 is 1.00 bits per heavy atom. The van der Waals surface area contributed by atoms with E-state index in [1.54, 1.807) is 6.92 Å². The summed E-state index contributed by atoms with van der Waals surface area (Å²) in [5, 5.41) is 7.89. The van der Waals surface area contributed by atoms with E-state index in [-0.39, 0.29) is 19.0 Å². The molecule has 0 bridgehead atoms. The second-order valence-electron chi connectivity index (χ2n) is 0.777. The molecule has 0 unspecified atom stereocenters. The molecule has 0 aromatic heterocycles. The molecule has 6 heteroatoms. The molecule has 0 aromatic carbocycles. The third kappa shape index (κ3) is 173. The first-order valence-corrected chi connectivity index (χ1v) is 20.0. The monoisotopic (exact) mass is 720 g/mol. The van der Waals surface area contributed by atoms with E-state index in [2.05, 4.69) is 94.4 Å². The second kappa shape index (κ2) is 64.1. The van der Waals surface area contributed by atoms with Gasteiger partial charge in [0.2, 0.25) is 0 Å². The van der Waals surface area contributed by atoms with E-state index < -0.39 is 0 Å². The fourth-order valence-electron chi connectivity index (χ4n) is 0.0791. The number of halogens is 4. The van der Waals surface area contributed by atoms with Crippen LogP contribution in [0.5, 0.6) is 0 Å². The van der Waals surface area contributed by atoms with Crippen LogP contribution in [0.3, 0.4) is 0 Å². The van der Waals surface area contributed by atoms with E-state index in [1.807, 2.05) is 32.6 Å². The Balaban J connectivity index is -0.0000000207. The van der Waals surface area contributed by atoms with Crippen LogP contribution in [-0.4, -0.2) is 16.6 Å². The minimum absolute atomic E-state index is 0. The van der Waals surface area contributed by atoms with Crippen molar-refractivity contribution in [2.45, 2.75) is 42.0 Å². The first-order chi connectivity index (χ1) is 7.15. The summed E-state index contributed by atoms with van der Waals surface area (Å²) in [5.74, 6) is 4.93. The van der Waals surface area contributed by atoms with Crippen molar-refractivity contribution in [2.24, 2.45) is 0 Å². The van der Waals surface area contributed by atoms with Gasteiger partial charge in [-0.1, -0.05) is 63.6 Å². The second-order valence-corrected chi connectivity index (χ2v) is 36.1. The average molecular weight is 720 g/mol. The standard InChI is InChI=1S/C4H6O.2C2H6.CH3I.CH4.3HI.V/c1-2-3-4-5;3*1-2;;;;;/h5H,4H2,1H3;2*1-2H3;1H3;1H4;3*1H;/q;;;;;;;;+3/p-3. The van der Waals surface area contributed by atoms with Crippen molar-refractivity contribution in [3.63, 3.8) is 0 Å². The molecular weight excluding hydrogens is 695 g/mol. The number of alkyl halides is 1. The molecule has 0 aliphatic carbocycles. The van der Waals surface area contributed by atoms with E-state index in [0.717, 1.165) is 0 Å². The number of rotatable bonds is 0. The Labute approximate surface area is 155 Å². The van der Waals surface area contributed by atoms with E-state index >= 15 is 0 Å². The van der Waals surface area contributed by atoms with E-state index in [0.29, 0.717) is 0 Å². The van der Waals surface area contributed by atoms with Crippen molar-refractivity contribution in [2.75, 3.05) is 11.5 Å². The van der Waals surface area contributed by atoms with Crippen LogP contribution in [0.4, 0.5) is 0 Å². The van der Waals surface area contributed by atoms with Crippen molar-refractivity contribution in [1.82, 2.24) is 0 Å². The Morgan fingerprint density at radius 2 is 1.19 bits per heavy atom. The topological polar surface area (TPSA) is 20.2 Å². The quantitative estimate of drug-likeness (QED) is 0.175. The van der Waals surface area contributed by atoms with E-state index in [4.69, 9.17) is 5.11 Å². The van der Waals surface area contributed by atoms with Gasteiger partial charge in [-0.05, 0) is 11.9 Å². The van der Waals surface area contributed by atoms with Gasteiger partial charge in [0.05, 0.1) is 0 Å². The predicted octanol–water partition coefficient (Wildman–Crippen LogP) is 6.40. The molecular formula is C10H25I4OV. The first kappa shape index (κ1) is 36.4. The van der Waals surface area contributed by atoms with Crippen molar-refractivity contribution >= 4 is 82.5 Å². The normalized spacial score (nSPS) is 5.00. The molecule has 0 atom stereocenters. The van der Waals surface area contributed by atoms with Gasteiger partial charge in [0.25, 0.3) is 0 Å². The fourth-order valence-corrected chi connectivity index (χ4v) is 0.0791. The molecule has 1 N–H and O–H groups in total. The molecule has 0 radical (unpaired) electrons. The first-order valence-electron chi connectivity index (χ1n) is 4.30. The summed E-state index contributed by atoms with van der Waals surface area (Å²) in [6, 6.07) is 0. The number of hydrogen-bond acceptors (Lipinski definition) is 1. The van der Waals surface area contributed by atoms with Crippen LogP contribution >= 0.6 is 82.5 Å².